The third kappa shape index (κ3) is 4.68. The fraction of sp³-hybridized carbons (Fsp3) is 0.263. The molecule has 23 heavy (non-hydrogen) atoms. The Morgan fingerprint density at radius 2 is 1.65 bits per heavy atom. The van der Waals surface area contributed by atoms with Crippen molar-refractivity contribution in [1.29, 1.82) is 0 Å². The molecule has 4 nitrogen and oxygen atoms in total. The first-order chi connectivity index (χ1) is 11.1. The van der Waals surface area contributed by atoms with Gasteiger partial charge in [0.15, 0.2) is 5.78 Å². The maximum atomic E-state index is 12.2. The number of carbonyl (C=O) groups excluding carboxylic acids is 2. The number of ketones is 1. The first-order valence-corrected chi connectivity index (χ1v) is 7.59. The van der Waals surface area contributed by atoms with E-state index in [1.54, 1.807) is 38.1 Å². The molecule has 0 radical (unpaired) electrons. The molecule has 0 saturated carbocycles. The molecule has 2 aromatic rings. The molecule has 120 valence electrons. The van der Waals surface area contributed by atoms with Crippen molar-refractivity contribution in [1.82, 2.24) is 0 Å². The Balaban J connectivity index is 1.96. The van der Waals surface area contributed by atoms with Crippen LogP contribution in [0.1, 0.15) is 29.8 Å². The molecule has 0 saturated heterocycles. The Morgan fingerprint density at radius 3 is 2.26 bits per heavy atom. The molecule has 0 amide bonds. The minimum absolute atomic E-state index is 0.252. The molecule has 0 heterocycles. The van der Waals surface area contributed by atoms with E-state index in [4.69, 9.17) is 9.47 Å². The molecule has 0 aliphatic rings. The van der Waals surface area contributed by atoms with Gasteiger partial charge in [-0.05, 0) is 43.7 Å². The van der Waals surface area contributed by atoms with Crippen molar-refractivity contribution in [2.24, 2.45) is 5.92 Å². The molecule has 2 rings (SSSR count). The van der Waals surface area contributed by atoms with E-state index in [9.17, 15) is 9.59 Å². The van der Waals surface area contributed by atoms with Crippen LogP contribution in [0, 0.1) is 5.92 Å². The third-order valence-corrected chi connectivity index (χ3v) is 3.42. The second-order valence-electron chi connectivity index (χ2n) is 5.14. The minimum atomic E-state index is -0.800. The monoisotopic (exact) mass is 312 g/mol. The van der Waals surface area contributed by atoms with Gasteiger partial charge in [-0.25, -0.2) is 0 Å². The predicted molar refractivity (Wildman–Crippen MR) is 87.3 cm³/mol. The summed E-state index contributed by atoms with van der Waals surface area (Å²) in [5.74, 6) is -0.875. The summed E-state index contributed by atoms with van der Waals surface area (Å²) in [6, 6.07) is 16.6. The summed E-state index contributed by atoms with van der Waals surface area (Å²) in [7, 11) is 0. The number of hydrogen-bond acceptors (Lipinski definition) is 4. The van der Waals surface area contributed by atoms with Crippen molar-refractivity contribution in [2.45, 2.75) is 20.5 Å². The minimum Gasteiger partial charge on any atom is -0.489 e. The van der Waals surface area contributed by atoms with Gasteiger partial charge in [-0.1, -0.05) is 30.3 Å². The summed E-state index contributed by atoms with van der Waals surface area (Å²) in [5.41, 5.74) is 1.54. The van der Waals surface area contributed by atoms with Crippen LogP contribution in [0.15, 0.2) is 54.6 Å². The van der Waals surface area contributed by atoms with Gasteiger partial charge < -0.3 is 9.47 Å². The highest BCUT2D eigenvalue weighted by Gasteiger charge is 2.23. The SMILES string of the molecule is CCOC(=O)C(C)C(=O)c1ccc(OCc2ccccc2)cc1. The number of ether oxygens (including phenoxy) is 2. The van der Waals surface area contributed by atoms with Crippen molar-refractivity contribution in [2.75, 3.05) is 6.61 Å². The van der Waals surface area contributed by atoms with Crippen LogP contribution in [0.5, 0.6) is 5.75 Å². The van der Waals surface area contributed by atoms with Crippen molar-refractivity contribution in [3.05, 3.63) is 65.7 Å². The fourth-order valence-corrected chi connectivity index (χ4v) is 2.08. The standard InChI is InChI=1S/C19H20O4/c1-3-22-19(21)14(2)18(20)16-9-11-17(12-10-16)23-13-15-7-5-4-6-8-15/h4-12,14H,3,13H2,1-2H3. The van der Waals surface area contributed by atoms with E-state index >= 15 is 0 Å². The number of Topliss-reactive ketones (excluding diaryl/α,β-unsaturated/α-hetero) is 1. The lowest BCUT2D eigenvalue weighted by molar-refractivity contribution is -0.145. The molecular weight excluding hydrogens is 292 g/mol. The summed E-state index contributed by atoms with van der Waals surface area (Å²) in [6.45, 7) is 4.00. The smallest absolute Gasteiger partial charge is 0.316 e. The highest BCUT2D eigenvalue weighted by atomic mass is 16.5. The zero-order valence-electron chi connectivity index (χ0n) is 13.3. The molecule has 0 fully saturated rings. The molecule has 4 heteroatoms. The van der Waals surface area contributed by atoms with Crippen molar-refractivity contribution >= 4 is 11.8 Å². The topological polar surface area (TPSA) is 52.6 Å². The first kappa shape index (κ1) is 16.7. The van der Waals surface area contributed by atoms with Gasteiger partial charge in [-0.15, -0.1) is 0 Å². The average Bonchev–Trinajstić information content (AvgIpc) is 2.60. The number of carbonyl (C=O) groups is 2. The van der Waals surface area contributed by atoms with E-state index in [1.807, 2.05) is 30.3 Å². The van der Waals surface area contributed by atoms with Crippen molar-refractivity contribution in [3.8, 4) is 5.75 Å². The van der Waals surface area contributed by atoms with Gasteiger partial charge >= 0.3 is 5.97 Å². The molecule has 0 aromatic heterocycles. The van der Waals surface area contributed by atoms with E-state index in [-0.39, 0.29) is 12.4 Å². The lowest BCUT2D eigenvalue weighted by atomic mass is 9.99. The van der Waals surface area contributed by atoms with Gasteiger partial charge in [0.2, 0.25) is 0 Å². The van der Waals surface area contributed by atoms with Gasteiger partial charge in [0, 0.05) is 5.56 Å². The van der Waals surface area contributed by atoms with Crippen LogP contribution < -0.4 is 4.74 Å². The van der Waals surface area contributed by atoms with Crippen LogP contribution in [-0.4, -0.2) is 18.4 Å². The summed E-state index contributed by atoms with van der Waals surface area (Å²) in [4.78, 5) is 23.8. The summed E-state index contributed by atoms with van der Waals surface area (Å²) >= 11 is 0. The molecule has 0 bridgehead atoms. The van der Waals surface area contributed by atoms with Crippen LogP contribution in [-0.2, 0) is 16.1 Å². The Bertz CT molecular complexity index is 647. The largest absolute Gasteiger partial charge is 0.489 e. The summed E-state index contributed by atoms with van der Waals surface area (Å²) < 4.78 is 10.5. The second-order valence-corrected chi connectivity index (χ2v) is 5.14. The third-order valence-electron chi connectivity index (χ3n) is 3.42. The van der Waals surface area contributed by atoms with Crippen LogP contribution in [0.2, 0.25) is 0 Å². The quantitative estimate of drug-likeness (QED) is 0.445. The van der Waals surface area contributed by atoms with Gasteiger partial charge in [-0.2, -0.15) is 0 Å². The van der Waals surface area contributed by atoms with E-state index in [0.29, 0.717) is 17.9 Å². The maximum absolute atomic E-state index is 12.2. The number of benzene rings is 2. The van der Waals surface area contributed by atoms with Gasteiger partial charge in [-0.3, -0.25) is 9.59 Å². The number of esters is 1. The van der Waals surface area contributed by atoms with Crippen molar-refractivity contribution < 1.29 is 19.1 Å². The normalized spacial score (nSPS) is 11.6. The van der Waals surface area contributed by atoms with Crippen LogP contribution >= 0.6 is 0 Å². The molecule has 1 atom stereocenters. The highest BCUT2D eigenvalue weighted by molar-refractivity contribution is 6.08. The molecule has 0 N–H and O–H groups in total. The molecule has 0 aliphatic heterocycles. The zero-order chi connectivity index (χ0) is 16.7. The summed E-state index contributed by atoms with van der Waals surface area (Å²) in [6.07, 6.45) is 0. The van der Waals surface area contributed by atoms with E-state index in [0.717, 1.165) is 5.56 Å². The van der Waals surface area contributed by atoms with Gasteiger partial charge in [0.25, 0.3) is 0 Å². The lowest BCUT2D eigenvalue weighted by Crippen LogP contribution is -2.23. The van der Waals surface area contributed by atoms with Crippen LogP contribution in [0.4, 0.5) is 0 Å². The molecule has 0 spiro atoms. The maximum Gasteiger partial charge on any atom is 0.316 e. The zero-order valence-corrected chi connectivity index (χ0v) is 13.3. The van der Waals surface area contributed by atoms with Crippen LogP contribution in [0.3, 0.4) is 0 Å². The molecule has 2 aromatic carbocycles. The van der Waals surface area contributed by atoms with Crippen LogP contribution in [0.25, 0.3) is 0 Å². The van der Waals surface area contributed by atoms with E-state index in [1.165, 1.54) is 0 Å². The van der Waals surface area contributed by atoms with Gasteiger partial charge in [0.1, 0.15) is 18.3 Å². The molecule has 1 unspecified atom stereocenters. The second kappa shape index (κ2) is 8.13. The highest BCUT2D eigenvalue weighted by Crippen LogP contribution is 2.17. The van der Waals surface area contributed by atoms with E-state index in [2.05, 4.69) is 0 Å². The Morgan fingerprint density at radius 1 is 1.00 bits per heavy atom. The predicted octanol–water partition coefficient (Wildman–Crippen LogP) is 3.65. The Labute approximate surface area is 136 Å². The Kier molecular flexibility index (Phi) is 5.92. The Hall–Kier alpha value is -2.62. The lowest BCUT2D eigenvalue weighted by Gasteiger charge is -2.10. The fourth-order valence-electron chi connectivity index (χ4n) is 2.08. The van der Waals surface area contributed by atoms with Crippen molar-refractivity contribution in [3.63, 3.8) is 0 Å². The van der Waals surface area contributed by atoms with E-state index < -0.39 is 11.9 Å². The summed E-state index contributed by atoms with van der Waals surface area (Å²) in [5, 5.41) is 0. The van der Waals surface area contributed by atoms with Gasteiger partial charge in [0.05, 0.1) is 6.61 Å². The molecular formula is C19H20O4. The first-order valence-electron chi connectivity index (χ1n) is 7.59. The molecule has 0 aliphatic carbocycles. The average molecular weight is 312 g/mol. The number of rotatable bonds is 7. The number of hydrogen-bond donors (Lipinski definition) is 0.